The molecule has 3 heterocycles. The highest BCUT2D eigenvalue weighted by Gasteiger charge is 2.35. The zero-order valence-corrected chi connectivity index (χ0v) is 10.1. The van der Waals surface area contributed by atoms with Crippen LogP contribution in [0.15, 0.2) is 36.7 Å². The lowest BCUT2D eigenvalue weighted by molar-refractivity contribution is -0.140. The third-order valence-electron chi connectivity index (χ3n) is 3.13. The van der Waals surface area contributed by atoms with E-state index < -0.39 is 12.0 Å². The molecule has 0 amide bonds. The Morgan fingerprint density at radius 1 is 1.21 bits per heavy atom. The zero-order valence-electron chi connectivity index (χ0n) is 10.1. The largest absolute Gasteiger partial charge is 0.480 e. The van der Waals surface area contributed by atoms with E-state index in [-0.39, 0.29) is 0 Å². The predicted octanol–water partition coefficient (Wildman–Crippen LogP) is 1.20. The minimum Gasteiger partial charge on any atom is -0.480 e. The molecule has 0 aromatic carbocycles. The van der Waals surface area contributed by atoms with Crippen molar-refractivity contribution < 1.29 is 9.90 Å². The second-order valence-electron chi connectivity index (χ2n) is 4.29. The van der Waals surface area contributed by atoms with E-state index in [2.05, 4.69) is 15.0 Å². The number of carboxylic acid groups (broad SMARTS) is 1. The predicted molar refractivity (Wildman–Crippen MR) is 68.6 cm³/mol. The molecule has 2 aromatic heterocycles. The van der Waals surface area contributed by atoms with E-state index in [4.69, 9.17) is 5.11 Å². The van der Waals surface area contributed by atoms with Crippen molar-refractivity contribution in [1.29, 1.82) is 0 Å². The van der Waals surface area contributed by atoms with Gasteiger partial charge in [0, 0.05) is 18.9 Å². The summed E-state index contributed by atoms with van der Waals surface area (Å²) in [6, 6.07) is 6.83. The normalized spacial score (nSPS) is 17.9. The molecular formula is C13H12N4O2. The summed E-state index contributed by atoms with van der Waals surface area (Å²) in [6.07, 6.45) is 3.96. The minimum absolute atomic E-state index is 0.446. The molecule has 0 aliphatic carbocycles. The van der Waals surface area contributed by atoms with E-state index in [0.29, 0.717) is 24.6 Å². The Kier molecular flexibility index (Phi) is 2.83. The molecule has 6 nitrogen and oxygen atoms in total. The number of nitrogens with zero attached hydrogens (tertiary/aromatic N) is 4. The number of hydrogen-bond acceptors (Lipinski definition) is 5. The van der Waals surface area contributed by atoms with Crippen LogP contribution in [0.4, 0.5) is 5.95 Å². The van der Waals surface area contributed by atoms with E-state index in [9.17, 15) is 4.79 Å². The highest BCUT2D eigenvalue weighted by molar-refractivity contribution is 5.79. The molecule has 2 aromatic rings. The van der Waals surface area contributed by atoms with Crippen molar-refractivity contribution in [3.05, 3.63) is 36.7 Å². The first-order valence-electron chi connectivity index (χ1n) is 5.99. The quantitative estimate of drug-likeness (QED) is 0.889. The molecule has 0 bridgehead atoms. The van der Waals surface area contributed by atoms with Crippen molar-refractivity contribution in [3.63, 3.8) is 0 Å². The van der Waals surface area contributed by atoms with E-state index in [1.54, 1.807) is 23.4 Å². The highest BCUT2D eigenvalue weighted by Crippen LogP contribution is 2.24. The Balaban J connectivity index is 1.91. The maximum Gasteiger partial charge on any atom is 0.326 e. The van der Waals surface area contributed by atoms with Gasteiger partial charge in [0.15, 0.2) is 0 Å². The van der Waals surface area contributed by atoms with Crippen molar-refractivity contribution in [2.24, 2.45) is 0 Å². The molecule has 0 unspecified atom stereocenters. The zero-order chi connectivity index (χ0) is 13.2. The molecule has 0 saturated carbocycles. The van der Waals surface area contributed by atoms with Crippen molar-refractivity contribution >= 4 is 11.9 Å². The van der Waals surface area contributed by atoms with Crippen molar-refractivity contribution in [3.8, 4) is 11.4 Å². The van der Waals surface area contributed by atoms with Gasteiger partial charge < -0.3 is 10.0 Å². The minimum atomic E-state index is -0.835. The van der Waals surface area contributed by atoms with Crippen LogP contribution in [-0.2, 0) is 4.79 Å². The molecule has 1 atom stereocenters. The lowest BCUT2D eigenvalue weighted by Crippen LogP contribution is -2.53. The van der Waals surface area contributed by atoms with Crippen LogP contribution in [0.25, 0.3) is 11.4 Å². The van der Waals surface area contributed by atoms with Crippen molar-refractivity contribution in [2.45, 2.75) is 12.5 Å². The van der Waals surface area contributed by atoms with Crippen LogP contribution in [0.5, 0.6) is 0 Å². The standard InChI is InChI=1S/C13H12N4O2/c18-12(19)11-5-8-17(11)13-15-7-4-10(16-13)9-3-1-2-6-14-9/h1-4,6-7,11H,5,8H2,(H,18,19)/t11-/m1/s1. The number of anilines is 1. The van der Waals surface area contributed by atoms with Gasteiger partial charge >= 0.3 is 5.97 Å². The average Bonchev–Trinajstić information content (AvgIpc) is 2.38. The van der Waals surface area contributed by atoms with Gasteiger partial charge in [-0.1, -0.05) is 6.07 Å². The summed E-state index contributed by atoms with van der Waals surface area (Å²) in [5, 5.41) is 9.04. The third-order valence-corrected chi connectivity index (χ3v) is 3.13. The van der Waals surface area contributed by atoms with E-state index >= 15 is 0 Å². The summed E-state index contributed by atoms with van der Waals surface area (Å²) in [5.74, 6) is -0.389. The van der Waals surface area contributed by atoms with Crippen LogP contribution >= 0.6 is 0 Å². The number of carbonyl (C=O) groups is 1. The topological polar surface area (TPSA) is 79.2 Å². The summed E-state index contributed by atoms with van der Waals surface area (Å²) in [7, 11) is 0. The Morgan fingerprint density at radius 3 is 2.74 bits per heavy atom. The molecule has 0 radical (unpaired) electrons. The fourth-order valence-corrected chi connectivity index (χ4v) is 2.03. The first-order valence-corrected chi connectivity index (χ1v) is 5.99. The summed E-state index contributed by atoms with van der Waals surface area (Å²) in [5.41, 5.74) is 1.44. The van der Waals surface area contributed by atoms with E-state index in [1.807, 2.05) is 18.2 Å². The van der Waals surface area contributed by atoms with Gasteiger partial charge in [-0.25, -0.2) is 14.8 Å². The molecule has 1 aliphatic rings. The summed E-state index contributed by atoms with van der Waals surface area (Å²) >= 11 is 0. The van der Waals surface area contributed by atoms with Gasteiger partial charge in [0.2, 0.25) is 5.95 Å². The first kappa shape index (κ1) is 11.6. The van der Waals surface area contributed by atoms with Gasteiger partial charge in [-0.3, -0.25) is 4.98 Å². The third kappa shape index (κ3) is 2.12. The summed E-state index contributed by atoms with van der Waals surface area (Å²) in [6.45, 7) is 0.669. The monoisotopic (exact) mass is 256 g/mol. The average molecular weight is 256 g/mol. The SMILES string of the molecule is O=C(O)[C@H]1CCN1c1nccc(-c2ccccn2)n1. The molecule has 1 fully saturated rings. The molecule has 0 spiro atoms. The van der Waals surface area contributed by atoms with Crippen LogP contribution in [-0.4, -0.2) is 38.6 Å². The smallest absolute Gasteiger partial charge is 0.326 e. The van der Waals surface area contributed by atoms with Crippen LogP contribution in [0.1, 0.15) is 6.42 Å². The van der Waals surface area contributed by atoms with Gasteiger partial charge in [-0.05, 0) is 24.6 Å². The molecule has 1 aliphatic heterocycles. The fourth-order valence-electron chi connectivity index (χ4n) is 2.03. The number of pyridine rings is 1. The Morgan fingerprint density at radius 2 is 2.11 bits per heavy atom. The lowest BCUT2D eigenvalue weighted by Gasteiger charge is -2.37. The molecule has 3 rings (SSSR count). The number of aliphatic carboxylic acids is 1. The van der Waals surface area contributed by atoms with E-state index in [0.717, 1.165) is 5.69 Å². The molecule has 19 heavy (non-hydrogen) atoms. The fraction of sp³-hybridized carbons (Fsp3) is 0.231. The number of carboxylic acids is 1. The Hall–Kier alpha value is -2.50. The van der Waals surface area contributed by atoms with E-state index in [1.165, 1.54) is 0 Å². The maximum absolute atomic E-state index is 11.0. The van der Waals surface area contributed by atoms with Crippen LogP contribution < -0.4 is 4.90 Å². The van der Waals surface area contributed by atoms with Crippen LogP contribution in [0, 0.1) is 0 Å². The van der Waals surface area contributed by atoms with Crippen molar-refractivity contribution in [1.82, 2.24) is 15.0 Å². The summed E-state index contributed by atoms with van der Waals surface area (Å²) in [4.78, 5) is 25.5. The second-order valence-corrected chi connectivity index (χ2v) is 4.29. The number of hydrogen-bond donors (Lipinski definition) is 1. The van der Waals surface area contributed by atoms with Crippen LogP contribution in [0.2, 0.25) is 0 Å². The Bertz CT molecular complexity index is 603. The van der Waals surface area contributed by atoms with Gasteiger partial charge in [-0.2, -0.15) is 0 Å². The van der Waals surface area contributed by atoms with Gasteiger partial charge in [-0.15, -0.1) is 0 Å². The maximum atomic E-state index is 11.0. The lowest BCUT2D eigenvalue weighted by atomic mass is 10.0. The van der Waals surface area contributed by atoms with Crippen molar-refractivity contribution in [2.75, 3.05) is 11.4 Å². The van der Waals surface area contributed by atoms with Gasteiger partial charge in [0.1, 0.15) is 6.04 Å². The molecular weight excluding hydrogens is 244 g/mol. The molecule has 6 heteroatoms. The number of aromatic nitrogens is 3. The molecule has 1 saturated heterocycles. The highest BCUT2D eigenvalue weighted by atomic mass is 16.4. The molecule has 96 valence electrons. The van der Waals surface area contributed by atoms with Gasteiger partial charge in [0.25, 0.3) is 0 Å². The first-order chi connectivity index (χ1) is 9.25. The van der Waals surface area contributed by atoms with Crippen LogP contribution in [0.3, 0.4) is 0 Å². The molecule has 1 N–H and O–H groups in total. The summed E-state index contributed by atoms with van der Waals surface area (Å²) < 4.78 is 0. The number of rotatable bonds is 3. The van der Waals surface area contributed by atoms with Gasteiger partial charge in [0.05, 0.1) is 11.4 Å². The second kappa shape index (κ2) is 4.64. The Labute approximate surface area is 109 Å².